The lowest BCUT2D eigenvalue weighted by molar-refractivity contribution is -0.384. The van der Waals surface area contributed by atoms with Gasteiger partial charge in [0.25, 0.3) is 11.2 Å². The van der Waals surface area contributed by atoms with Gasteiger partial charge < -0.3 is 19.3 Å². The van der Waals surface area contributed by atoms with Crippen LogP contribution >= 0.6 is 7.60 Å². The van der Waals surface area contributed by atoms with Crippen LogP contribution in [0.3, 0.4) is 0 Å². The van der Waals surface area contributed by atoms with Crippen molar-refractivity contribution in [3.63, 3.8) is 0 Å². The van der Waals surface area contributed by atoms with Crippen molar-refractivity contribution in [2.45, 2.75) is 12.6 Å². The lowest BCUT2D eigenvalue weighted by atomic mass is 10.2. The Morgan fingerprint density at radius 2 is 2.07 bits per heavy atom. The number of nitro groups is 1. The maximum absolute atomic E-state index is 12.3. The summed E-state index contributed by atoms with van der Waals surface area (Å²) in [6.07, 6.45) is 4.31. The highest BCUT2D eigenvalue weighted by atomic mass is 31.2. The number of nitrogens with one attached hydrogen (secondary N) is 1. The fourth-order valence-corrected chi connectivity index (χ4v) is 3.35. The molecule has 3 N–H and O–H groups in total. The lowest BCUT2D eigenvalue weighted by Gasteiger charge is -2.13. The van der Waals surface area contributed by atoms with Gasteiger partial charge in [0.1, 0.15) is 11.3 Å². The minimum Gasteiger partial charge on any atom is -0.324 e. The molecule has 14 heteroatoms. The Morgan fingerprint density at radius 1 is 1.32 bits per heavy atom. The maximum atomic E-state index is 12.3. The van der Waals surface area contributed by atoms with E-state index in [1.165, 1.54) is 40.7 Å². The van der Waals surface area contributed by atoms with Gasteiger partial charge in [0.05, 0.1) is 22.3 Å². The van der Waals surface area contributed by atoms with Crippen molar-refractivity contribution >= 4 is 30.0 Å². The van der Waals surface area contributed by atoms with E-state index in [0.717, 1.165) is 6.07 Å². The van der Waals surface area contributed by atoms with E-state index in [1.54, 1.807) is 0 Å². The average molecular weight is 405 g/mol. The highest BCUT2D eigenvalue weighted by Gasteiger charge is 2.31. The highest BCUT2D eigenvalue weighted by molar-refractivity contribution is 7.52. The first-order valence-corrected chi connectivity index (χ1v) is 9.49. The number of hydrogen-bond acceptors (Lipinski definition) is 7. The molecule has 0 amide bonds. The van der Waals surface area contributed by atoms with Crippen LogP contribution < -0.4 is 5.56 Å². The third kappa shape index (κ3) is 2.69. The number of fused-ring (bicyclic) bond motifs is 3. The van der Waals surface area contributed by atoms with E-state index in [-0.39, 0.29) is 33.9 Å². The SMILES string of the molecule is CC(c1nnc2c(=O)[nH]c3cc([N+](=O)[O-])c(-n4ccnc4)cc3n12)P(=O)(O)O. The van der Waals surface area contributed by atoms with Crippen molar-refractivity contribution < 1.29 is 19.3 Å². The molecule has 0 aliphatic carbocycles. The molecule has 3 heterocycles. The van der Waals surface area contributed by atoms with Gasteiger partial charge in [0.15, 0.2) is 5.82 Å². The van der Waals surface area contributed by atoms with E-state index in [2.05, 4.69) is 20.2 Å². The molecular weight excluding hydrogens is 393 g/mol. The van der Waals surface area contributed by atoms with E-state index >= 15 is 0 Å². The van der Waals surface area contributed by atoms with Gasteiger partial charge in [0.2, 0.25) is 5.65 Å². The van der Waals surface area contributed by atoms with Gasteiger partial charge in [-0.25, -0.2) is 4.98 Å². The topological polar surface area (TPSA) is 182 Å². The molecule has 0 aliphatic heterocycles. The number of aromatic nitrogens is 6. The molecule has 1 atom stereocenters. The molecule has 28 heavy (non-hydrogen) atoms. The van der Waals surface area contributed by atoms with Crippen LogP contribution in [0.5, 0.6) is 0 Å². The summed E-state index contributed by atoms with van der Waals surface area (Å²) in [5.74, 6) is -0.134. The fraction of sp³-hybridized carbons (Fsp3) is 0.143. The van der Waals surface area contributed by atoms with Gasteiger partial charge in [-0.2, -0.15) is 0 Å². The molecule has 0 aliphatic rings. The minimum atomic E-state index is -4.59. The van der Waals surface area contributed by atoms with Crippen LogP contribution in [0.15, 0.2) is 35.6 Å². The Hall–Kier alpha value is -3.41. The fourth-order valence-electron chi connectivity index (χ4n) is 2.89. The Morgan fingerprint density at radius 3 is 2.68 bits per heavy atom. The van der Waals surface area contributed by atoms with Gasteiger partial charge >= 0.3 is 7.60 Å². The predicted octanol–water partition coefficient (Wildman–Crippen LogP) is 0.903. The monoisotopic (exact) mass is 405 g/mol. The number of benzene rings is 1. The first-order valence-electron chi connectivity index (χ1n) is 7.81. The van der Waals surface area contributed by atoms with Crippen LogP contribution in [0.4, 0.5) is 5.69 Å². The largest absolute Gasteiger partial charge is 0.335 e. The maximum Gasteiger partial charge on any atom is 0.335 e. The molecule has 0 spiro atoms. The molecule has 0 saturated heterocycles. The zero-order valence-electron chi connectivity index (χ0n) is 14.1. The van der Waals surface area contributed by atoms with Crippen LogP contribution in [0.2, 0.25) is 0 Å². The van der Waals surface area contributed by atoms with Gasteiger partial charge in [-0.1, -0.05) is 0 Å². The van der Waals surface area contributed by atoms with E-state index in [0.29, 0.717) is 0 Å². The first-order chi connectivity index (χ1) is 13.2. The zero-order valence-corrected chi connectivity index (χ0v) is 15.0. The molecule has 0 saturated carbocycles. The predicted molar refractivity (Wildman–Crippen MR) is 95.3 cm³/mol. The first kappa shape index (κ1) is 18.0. The Bertz CT molecular complexity index is 1340. The van der Waals surface area contributed by atoms with Crippen molar-refractivity contribution in [2.75, 3.05) is 0 Å². The van der Waals surface area contributed by atoms with E-state index in [9.17, 15) is 29.3 Å². The Balaban J connectivity index is 2.16. The molecule has 0 bridgehead atoms. The third-order valence-electron chi connectivity index (χ3n) is 4.33. The van der Waals surface area contributed by atoms with Gasteiger partial charge in [-0.05, 0) is 13.0 Å². The number of nitrogens with zero attached hydrogens (tertiary/aromatic N) is 6. The summed E-state index contributed by atoms with van der Waals surface area (Å²) in [7, 11) is -4.59. The van der Waals surface area contributed by atoms with Crippen LogP contribution in [0.25, 0.3) is 22.4 Å². The lowest BCUT2D eigenvalue weighted by Crippen LogP contribution is -2.13. The van der Waals surface area contributed by atoms with Crippen LogP contribution in [-0.4, -0.2) is 43.8 Å². The molecule has 3 aromatic heterocycles. The summed E-state index contributed by atoms with van der Waals surface area (Å²) < 4.78 is 14.3. The molecule has 4 rings (SSSR count). The van der Waals surface area contributed by atoms with Crippen molar-refractivity contribution in [1.29, 1.82) is 0 Å². The van der Waals surface area contributed by atoms with Crippen molar-refractivity contribution in [2.24, 2.45) is 0 Å². The minimum absolute atomic E-state index is 0.0898. The zero-order chi connectivity index (χ0) is 20.2. The van der Waals surface area contributed by atoms with Gasteiger partial charge in [-0.3, -0.25) is 23.9 Å². The second-order valence-corrected chi connectivity index (χ2v) is 7.97. The second kappa shape index (κ2) is 6.05. The molecule has 0 radical (unpaired) electrons. The average Bonchev–Trinajstić information content (AvgIpc) is 3.29. The summed E-state index contributed by atoms with van der Waals surface area (Å²) in [6, 6.07) is 2.56. The molecule has 4 aromatic rings. The summed E-state index contributed by atoms with van der Waals surface area (Å²) in [5, 5.41) is 19.0. The Labute approximate surface area is 154 Å². The van der Waals surface area contributed by atoms with E-state index in [4.69, 9.17) is 0 Å². The number of nitro benzene ring substituents is 1. The number of hydrogen-bond donors (Lipinski definition) is 3. The molecule has 1 aromatic carbocycles. The van der Waals surface area contributed by atoms with Crippen LogP contribution in [0, 0.1) is 10.1 Å². The standard InChI is InChI=1S/C14H12N7O6P/c1-7(28(25,26)27)12-17-18-13-14(22)16-8-4-11(21(23)24)10(5-9(8)20(12)13)19-3-2-15-6-19/h2-7H,1H3,(H,16,22)(H2,25,26,27). The summed E-state index contributed by atoms with van der Waals surface area (Å²) in [6.45, 7) is 1.26. The summed E-state index contributed by atoms with van der Waals surface area (Å²) in [5.41, 5.74) is -2.05. The van der Waals surface area contributed by atoms with E-state index < -0.39 is 23.7 Å². The van der Waals surface area contributed by atoms with Crippen molar-refractivity contribution in [3.05, 3.63) is 57.1 Å². The summed E-state index contributed by atoms with van der Waals surface area (Å²) >= 11 is 0. The molecule has 1 unspecified atom stereocenters. The van der Waals surface area contributed by atoms with Crippen LogP contribution in [-0.2, 0) is 4.57 Å². The summed E-state index contributed by atoms with van der Waals surface area (Å²) in [4.78, 5) is 48.6. The smallest absolute Gasteiger partial charge is 0.324 e. The van der Waals surface area contributed by atoms with Crippen molar-refractivity contribution in [1.82, 2.24) is 29.1 Å². The third-order valence-corrected chi connectivity index (χ3v) is 5.57. The van der Waals surface area contributed by atoms with Gasteiger partial charge in [0, 0.05) is 18.5 Å². The highest BCUT2D eigenvalue weighted by Crippen LogP contribution is 2.50. The van der Waals surface area contributed by atoms with E-state index in [1.807, 2.05) is 0 Å². The number of aromatic amines is 1. The van der Waals surface area contributed by atoms with Gasteiger partial charge in [-0.15, -0.1) is 10.2 Å². The number of rotatable bonds is 4. The number of H-pyrrole nitrogens is 1. The normalized spacial score (nSPS) is 13.2. The van der Waals surface area contributed by atoms with Crippen molar-refractivity contribution in [3.8, 4) is 5.69 Å². The van der Waals surface area contributed by atoms with Crippen LogP contribution in [0.1, 0.15) is 18.4 Å². The molecule has 13 nitrogen and oxygen atoms in total. The molecule has 144 valence electrons. The Kier molecular flexibility index (Phi) is 3.89. The molecule has 0 fully saturated rings. The molecular formula is C14H12N7O6P. The quantitative estimate of drug-likeness (QED) is 0.252. The second-order valence-electron chi connectivity index (χ2n) is 6.02. The number of imidazole rings is 1.